The van der Waals surface area contributed by atoms with Crippen molar-refractivity contribution in [2.24, 2.45) is 0 Å². The van der Waals surface area contributed by atoms with Crippen molar-refractivity contribution in [3.63, 3.8) is 0 Å². The maximum absolute atomic E-state index is 14.0. The summed E-state index contributed by atoms with van der Waals surface area (Å²) >= 11 is 0. The molecule has 0 radical (unpaired) electrons. The van der Waals surface area contributed by atoms with E-state index in [1.165, 1.54) is 37.4 Å². The fourth-order valence-electron chi connectivity index (χ4n) is 5.70. The first kappa shape index (κ1) is 32.7. The molecule has 0 bridgehead atoms. The van der Waals surface area contributed by atoms with E-state index in [9.17, 15) is 33.2 Å². The molecule has 1 aliphatic heterocycles. The van der Waals surface area contributed by atoms with Crippen molar-refractivity contribution < 1.29 is 32.8 Å². The Balaban J connectivity index is 1.31. The predicted molar refractivity (Wildman–Crippen MR) is 184 cm³/mol. The van der Waals surface area contributed by atoms with Gasteiger partial charge in [0.2, 0.25) is 0 Å². The van der Waals surface area contributed by atoms with Gasteiger partial charge in [-0.25, -0.2) is 8.42 Å². The van der Waals surface area contributed by atoms with E-state index in [1.54, 1.807) is 78.9 Å². The van der Waals surface area contributed by atoms with Crippen molar-refractivity contribution in [1.82, 2.24) is 5.32 Å². The lowest BCUT2D eigenvalue weighted by Crippen LogP contribution is -2.27. The first-order valence-corrected chi connectivity index (χ1v) is 16.7. The first-order chi connectivity index (χ1) is 23.6. The number of para-hydroxylation sites is 1. The van der Waals surface area contributed by atoms with Crippen LogP contribution in [0.1, 0.15) is 38.0 Å². The summed E-state index contributed by atoms with van der Waals surface area (Å²) in [4.78, 5) is 37.1. The summed E-state index contributed by atoms with van der Waals surface area (Å²) in [5.74, 6) is -1.07. The Morgan fingerprint density at radius 1 is 0.878 bits per heavy atom. The van der Waals surface area contributed by atoms with E-state index in [2.05, 4.69) is 16.0 Å². The number of nitrogens with one attached hydrogen (secondary N) is 3. The molecule has 0 fully saturated rings. The molecule has 49 heavy (non-hydrogen) atoms. The number of nitro benzene ring substituents is 1. The third kappa shape index (κ3) is 6.64. The molecular formula is C36H30N4O8S. The van der Waals surface area contributed by atoms with Crippen LogP contribution in [-0.2, 0) is 9.84 Å². The standard InChI is InChI=1S/C36H30N4O8S/c1-48-33-21-23(13-16-31(33)40(44)45)22-11-14-26-29(19-22)38-28-15-12-24(20-30(28)39-36(26)43)34(49(46,47)25-7-3-2-4-8-25)17-18-37-35(42)27-9-5-6-10-32(27)41/h2-16,19-21,34,38,41H,17-18H2,1H3,(H,37,42)(H,39,43). The maximum Gasteiger partial charge on any atom is 0.310 e. The zero-order valence-corrected chi connectivity index (χ0v) is 26.9. The quantitative estimate of drug-likeness (QED) is 0.0934. The fraction of sp³-hybridized carbons (Fsp3) is 0.111. The van der Waals surface area contributed by atoms with Crippen molar-refractivity contribution in [1.29, 1.82) is 0 Å². The number of nitro groups is 1. The molecule has 5 aromatic carbocycles. The van der Waals surface area contributed by atoms with Crippen LogP contribution in [0.4, 0.5) is 22.7 Å². The third-order valence-corrected chi connectivity index (χ3v) is 10.4. The molecule has 1 atom stereocenters. The number of carbonyl (C=O) groups excluding carboxylic acids is 2. The number of carbonyl (C=O) groups is 2. The second kappa shape index (κ2) is 13.5. The molecule has 0 spiro atoms. The summed E-state index contributed by atoms with van der Waals surface area (Å²) in [6.07, 6.45) is -0.000982. The van der Waals surface area contributed by atoms with E-state index in [0.29, 0.717) is 39.3 Å². The number of amides is 2. The van der Waals surface area contributed by atoms with Crippen molar-refractivity contribution in [3.05, 3.63) is 136 Å². The third-order valence-electron chi connectivity index (χ3n) is 8.19. The van der Waals surface area contributed by atoms with E-state index in [0.717, 1.165) is 0 Å². The summed E-state index contributed by atoms with van der Waals surface area (Å²) in [6, 6.07) is 28.6. The smallest absolute Gasteiger partial charge is 0.310 e. The SMILES string of the molecule is COc1cc(-c2ccc3c(c2)Nc2ccc(C(CCNC(=O)c4ccccc4O)S(=O)(=O)c4ccccc4)cc2NC3=O)ccc1[N+](=O)[O-]. The highest BCUT2D eigenvalue weighted by atomic mass is 32.2. The highest BCUT2D eigenvalue weighted by molar-refractivity contribution is 7.91. The van der Waals surface area contributed by atoms with Gasteiger partial charge in [-0.1, -0.05) is 42.5 Å². The number of phenols is 1. The Bertz CT molecular complexity index is 2210. The minimum atomic E-state index is -3.96. The first-order valence-electron chi connectivity index (χ1n) is 15.1. The van der Waals surface area contributed by atoms with Crippen LogP contribution in [0.5, 0.6) is 11.5 Å². The molecule has 1 aliphatic rings. The number of methoxy groups -OCH3 is 1. The Kier molecular flexibility index (Phi) is 9.01. The van der Waals surface area contributed by atoms with Gasteiger partial charge in [0.15, 0.2) is 15.6 Å². The molecule has 248 valence electrons. The van der Waals surface area contributed by atoms with E-state index in [-0.39, 0.29) is 40.6 Å². The Morgan fingerprint density at radius 3 is 2.33 bits per heavy atom. The van der Waals surface area contributed by atoms with Gasteiger partial charge < -0.3 is 25.8 Å². The van der Waals surface area contributed by atoms with Crippen LogP contribution < -0.4 is 20.7 Å². The number of sulfone groups is 1. The van der Waals surface area contributed by atoms with Crippen molar-refractivity contribution in [2.45, 2.75) is 16.6 Å². The Labute approximate surface area is 281 Å². The van der Waals surface area contributed by atoms with E-state index < -0.39 is 31.8 Å². The van der Waals surface area contributed by atoms with Crippen molar-refractivity contribution in [3.8, 4) is 22.6 Å². The molecule has 4 N–H and O–H groups in total. The monoisotopic (exact) mass is 678 g/mol. The van der Waals surface area contributed by atoms with E-state index in [1.807, 2.05) is 0 Å². The lowest BCUT2D eigenvalue weighted by Gasteiger charge is -2.20. The molecule has 0 aliphatic carbocycles. The van der Waals surface area contributed by atoms with Gasteiger partial charge in [0.05, 0.1) is 50.4 Å². The molecule has 1 heterocycles. The molecule has 5 aromatic rings. The second-order valence-corrected chi connectivity index (χ2v) is 13.3. The number of phenolic OH excluding ortho intramolecular Hbond substituents is 1. The topological polar surface area (TPSA) is 177 Å². The van der Waals surface area contributed by atoms with Crippen molar-refractivity contribution in [2.75, 3.05) is 24.3 Å². The normalized spacial score (nSPS) is 12.7. The summed E-state index contributed by atoms with van der Waals surface area (Å²) in [5, 5.41) is 29.2. The van der Waals surface area contributed by atoms with Gasteiger partial charge in [0.1, 0.15) is 5.75 Å². The number of anilines is 3. The van der Waals surface area contributed by atoms with Gasteiger partial charge in [0.25, 0.3) is 11.8 Å². The van der Waals surface area contributed by atoms with Crippen LogP contribution in [0.25, 0.3) is 11.1 Å². The van der Waals surface area contributed by atoms with Gasteiger partial charge in [-0.15, -0.1) is 0 Å². The van der Waals surface area contributed by atoms with Crippen LogP contribution >= 0.6 is 0 Å². The van der Waals surface area contributed by atoms with Gasteiger partial charge in [-0.2, -0.15) is 0 Å². The van der Waals surface area contributed by atoms with Crippen molar-refractivity contribution >= 4 is 44.4 Å². The number of hydrogen-bond acceptors (Lipinski definition) is 9. The fourth-order valence-corrected chi connectivity index (χ4v) is 7.49. The van der Waals surface area contributed by atoms with Gasteiger partial charge in [0, 0.05) is 12.6 Å². The number of hydrogen-bond donors (Lipinski definition) is 4. The minimum absolute atomic E-state index is 0.000982. The molecule has 0 saturated carbocycles. The number of rotatable bonds is 10. The van der Waals surface area contributed by atoms with Crippen LogP contribution in [0.3, 0.4) is 0 Å². The zero-order valence-electron chi connectivity index (χ0n) is 26.0. The van der Waals surface area contributed by atoms with Gasteiger partial charge in [-0.05, 0) is 83.8 Å². The van der Waals surface area contributed by atoms with Crippen LogP contribution in [0, 0.1) is 10.1 Å². The summed E-state index contributed by atoms with van der Waals surface area (Å²) in [5.41, 5.74) is 3.26. The Morgan fingerprint density at radius 2 is 1.59 bits per heavy atom. The molecule has 0 aromatic heterocycles. The van der Waals surface area contributed by atoms with E-state index >= 15 is 0 Å². The Hall–Kier alpha value is -6.21. The number of ether oxygens (including phenoxy) is 1. The average molecular weight is 679 g/mol. The summed E-state index contributed by atoms with van der Waals surface area (Å²) in [7, 11) is -2.61. The summed E-state index contributed by atoms with van der Waals surface area (Å²) < 4.78 is 33.2. The predicted octanol–water partition coefficient (Wildman–Crippen LogP) is 6.62. The zero-order chi connectivity index (χ0) is 34.7. The second-order valence-electron chi connectivity index (χ2n) is 11.2. The molecule has 12 nitrogen and oxygen atoms in total. The number of fused-ring (bicyclic) bond motifs is 2. The van der Waals surface area contributed by atoms with Crippen LogP contribution in [0.2, 0.25) is 0 Å². The molecule has 0 saturated heterocycles. The molecule has 2 amide bonds. The van der Waals surface area contributed by atoms with Crippen LogP contribution in [-0.4, -0.2) is 43.9 Å². The maximum atomic E-state index is 14.0. The number of benzene rings is 5. The molecule has 1 unspecified atom stereocenters. The molecule has 6 rings (SSSR count). The minimum Gasteiger partial charge on any atom is -0.507 e. The van der Waals surface area contributed by atoms with E-state index in [4.69, 9.17) is 4.74 Å². The highest BCUT2D eigenvalue weighted by Crippen LogP contribution is 2.40. The largest absolute Gasteiger partial charge is 0.507 e. The molecular weight excluding hydrogens is 648 g/mol. The molecule has 13 heteroatoms. The van der Waals surface area contributed by atoms with Gasteiger partial charge in [-0.3, -0.25) is 19.7 Å². The lowest BCUT2D eigenvalue weighted by molar-refractivity contribution is -0.385. The lowest BCUT2D eigenvalue weighted by atomic mass is 10.0. The number of aromatic hydroxyl groups is 1. The number of nitrogens with zero attached hydrogens (tertiary/aromatic N) is 1. The average Bonchev–Trinajstić information content (AvgIpc) is 3.24. The highest BCUT2D eigenvalue weighted by Gasteiger charge is 2.31. The summed E-state index contributed by atoms with van der Waals surface area (Å²) in [6.45, 7) is -0.0206. The van der Waals surface area contributed by atoms with Crippen LogP contribution in [0.15, 0.2) is 114 Å². The van der Waals surface area contributed by atoms with Gasteiger partial charge >= 0.3 is 5.69 Å².